The summed E-state index contributed by atoms with van der Waals surface area (Å²) in [7, 11) is 0. The number of aromatic nitrogens is 2. The molecule has 1 aliphatic heterocycles. The van der Waals surface area contributed by atoms with E-state index in [-0.39, 0.29) is 11.9 Å². The molecule has 0 aliphatic carbocycles. The van der Waals surface area contributed by atoms with Crippen LogP contribution in [0, 0.1) is 0 Å². The maximum Gasteiger partial charge on any atom is 0.251 e. The summed E-state index contributed by atoms with van der Waals surface area (Å²) >= 11 is 0. The number of fused-ring (bicyclic) bond motifs is 1. The van der Waals surface area contributed by atoms with E-state index < -0.39 is 0 Å². The lowest BCUT2D eigenvalue weighted by Crippen LogP contribution is -2.35. The molecular formula is C16H19N3O2. The quantitative estimate of drug-likeness (QED) is 0.935. The molecule has 0 fully saturated rings. The van der Waals surface area contributed by atoms with Crippen molar-refractivity contribution in [1.29, 1.82) is 0 Å². The van der Waals surface area contributed by atoms with Crippen molar-refractivity contribution in [3.8, 4) is 5.75 Å². The summed E-state index contributed by atoms with van der Waals surface area (Å²) in [6, 6.07) is 7.54. The van der Waals surface area contributed by atoms with Gasteiger partial charge in [0.1, 0.15) is 5.75 Å². The molecule has 0 radical (unpaired) electrons. The number of amides is 1. The molecule has 1 aliphatic rings. The molecule has 3 rings (SSSR count). The summed E-state index contributed by atoms with van der Waals surface area (Å²) < 4.78 is 7.38. The molecule has 110 valence electrons. The number of rotatable bonds is 4. The van der Waals surface area contributed by atoms with E-state index in [1.165, 1.54) is 0 Å². The number of carbonyl (C=O) groups is 1. The summed E-state index contributed by atoms with van der Waals surface area (Å²) in [4.78, 5) is 12.3. The van der Waals surface area contributed by atoms with Crippen molar-refractivity contribution in [2.45, 2.75) is 32.4 Å². The van der Waals surface area contributed by atoms with Crippen LogP contribution in [0.5, 0.6) is 5.75 Å². The van der Waals surface area contributed by atoms with Gasteiger partial charge in [0, 0.05) is 24.0 Å². The number of hydrogen-bond acceptors (Lipinski definition) is 3. The lowest BCUT2D eigenvalue weighted by atomic mass is 10.0. The van der Waals surface area contributed by atoms with Crippen LogP contribution in [0.15, 0.2) is 36.7 Å². The third-order valence-corrected chi connectivity index (χ3v) is 3.57. The van der Waals surface area contributed by atoms with Gasteiger partial charge in [-0.05, 0) is 49.6 Å². The zero-order valence-electron chi connectivity index (χ0n) is 12.1. The predicted octanol–water partition coefficient (Wildman–Crippen LogP) is 2.03. The van der Waals surface area contributed by atoms with Crippen LogP contribution in [0.2, 0.25) is 0 Å². The summed E-state index contributed by atoms with van der Waals surface area (Å²) in [6.07, 6.45) is 5.60. The SMILES string of the molecule is CC(Cn1cccn1)NC(=O)c1ccc2c(c1)CCCO2. The average Bonchev–Trinajstić information content (AvgIpc) is 2.99. The Hall–Kier alpha value is -2.30. The monoisotopic (exact) mass is 285 g/mol. The van der Waals surface area contributed by atoms with E-state index >= 15 is 0 Å². The molecule has 21 heavy (non-hydrogen) atoms. The largest absolute Gasteiger partial charge is 0.493 e. The van der Waals surface area contributed by atoms with E-state index in [4.69, 9.17) is 4.74 Å². The van der Waals surface area contributed by atoms with Gasteiger partial charge in [-0.25, -0.2) is 0 Å². The smallest absolute Gasteiger partial charge is 0.251 e. The van der Waals surface area contributed by atoms with Gasteiger partial charge in [0.05, 0.1) is 13.2 Å². The molecular weight excluding hydrogens is 266 g/mol. The van der Waals surface area contributed by atoms with Crippen LogP contribution < -0.4 is 10.1 Å². The first kappa shape index (κ1) is 13.7. The number of aryl methyl sites for hydroxylation is 1. The third-order valence-electron chi connectivity index (χ3n) is 3.57. The normalized spacial score (nSPS) is 14.9. The highest BCUT2D eigenvalue weighted by molar-refractivity contribution is 5.94. The van der Waals surface area contributed by atoms with Crippen LogP contribution in [0.25, 0.3) is 0 Å². The van der Waals surface area contributed by atoms with Gasteiger partial charge < -0.3 is 10.1 Å². The van der Waals surface area contributed by atoms with E-state index in [1.54, 1.807) is 6.20 Å². The molecule has 1 aromatic carbocycles. The van der Waals surface area contributed by atoms with E-state index in [9.17, 15) is 4.79 Å². The Kier molecular flexibility index (Phi) is 3.90. The number of nitrogens with zero attached hydrogens (tertiary/aromatic N) is 2. The summed E-state index contributed by atoms with van der Waals surface area (Å²) in [6.45, 7) is 3.40. The Morgan fingerprint density at radius 2 is 2.43 bits per heavy atom. The van der Waals surface area contributed by atoms with Crippen molar-refractivity contribution in [2.75, 3.05) is 6.61 Å². The average molecular weight is 285 g/mol. The first-order valence-electron chi connectivity index (χ1n) is 7.26. The minimum absolute atomic E-state index is 0.0182. The number of benzene rings is 1. The molecule has 1 unspecified atom stereocenters. The van der Waals surface area contributed by atoms with Crippen molar-refractivity contribution in [1.82, 2.24) is 15.1 Å². The number of hydrogen-bond donors (Lipinski definition) is 1. The molecule has 5 nitrogen and oxygen atoms in total. The molecule has 2 heterocycles. The molecule has 0 bridgehead atoms. The Balaban J connectivity index is 1.64. The van der Waals surface area contributed by atoms with Crippen molar-refractivity contribution < 1.29 is 9.53 Å². The maximum absolute atomic E-state index is 12.3. The van der Waals surface area contributed by atoms with Gasteiger partial charge in [-0.1, -0.05) is 0 Å². The van der Waals surface area contributed by atoms with Crippen molar-refractivity contribution in [3.05, 3.63) is 47.8 Å². The molecule has 1 aromatic heterocycles. The molecule has 0 saturated heterocycles. The predicted molar refractivity (Wildman–Crippen MR) is 79.4 cm³/mol. The van der Waals surface area contributed by atoms with E-state index in [0.29, 0.717) is 12.1 Å². The van der Waals surface area contributed by atoms with E-state index in [0.717, 1.165) is 30.8 Å². The minimum Gasteiger partial charge on any atom is -0.493 e. The van der Waals surface area contributed by atoms with Crippen LogP contribution in [0.3, 0.4) is 0 Å². The van der Waals surface area contributed by atoms with E-state index in [2.05, 4.69) is 10.4 Å². The van der Waals surface area contributed by atoms with Crippen molar-refractivity contribution in [2.24, 2.45) is 0 Å². The fourth-order valence-corrected chi connectivity index (χ4v) is 2.54. The molecule has 0 saturated carbocycles. The topological polar surface area (TPSA) is 56.2 Å². The van der Waals surface area contributed by atoms with E-state index in [1.807, 2.05) is 42.1 Å². The first-order valence-corrected chi connectivity index (χ1v) is 7.26. The second kappa shape index (κ2) is 5.99. The first-order chi connectivity index (χ1) is 10.2. The third kappa shape index (κ3) is 3.24. The summed E-state index contributed by atoms with van der Waals surface area (Å²) in [5.74, 6) is 0.852. The Morgan fingerprint density at radius 3 is 3.24 bits per heavy atom. The molecule has 1 amide bonds. The van der Waals surface area contributed by atoms with Gasteiger partial charge >= 0.3 is 0 Å². The second-order valence-corrected chi connectivity index (χ2v) is 5.38. The lowest BCUT2D eigenvalue weighted by Gasteiger charge is -2.18. The van der Waals surface area contributed by atoms with Crippen molar-refractivity contribution >= 4 is 5.91 Å². The van der Waals surface area contributed by atoms with Gasteiger partial charge in [0.15, 0.2) is 0 Å². The molecule has 1 atom stereocenters. The van der Waals surface area contributed by atoms with Gasteiger partial charge in [0.2, 0.25) is 0 Å². The standard InChI is InChI=1S/C16H19N3O2/c1-12(11-19-8-3-7-17-19)18-16(20)14-5-6-15-13(10-14)4-2-9-21-15/h3,5-8,10,12H,2,4,9,11H2,1H3,(H,18,20). The zero-order valence-corrected chi connectivity index (χ0v) is 12.1. The fourth-order valence-electron chi connectivity index (χ4n) is 2.54. The molecule has 5 heteroatoms. The van der Waals surface area contributed by atoms with Crippen LogP contribution in [-0.2, 0) is 13.0 Å². The number of carbonyl (C=O) groups excluding carboxylic acids is 1. The summed E-state index contributed by atoms with van der Waals surface area (Å²) in [5.41, 5.74) is 1.81. The molecule has 2 aromatic rings. The highest BCUT2D eigenvalue weighted by Crippen LogP contribution is 2.25. The second-order valence-electron chi connectivity index (χ2n) is 5.38. The van der Waals surface area contributed by atoms with Crippen LogP contribution in [-0.4, -0.2) is 28.3 Å². The van der Waals surface area contributed by atoms with Crippen LogP contribution in [0.1, 0.15) is 29.3 Å². The molecule has 1 N–H and O–H groups in total. The molecule has 0 spiro atoms. The Bertz CT molecular complexity index is 622. The minimum atomic E-state index is -0.0528. The highest BCUT2D eigenvalue weighted by Gasteiger charge is 2.15. The fraction of sp³-hybridized carbons (Fsp3) is 0.375. The number of nitrogens with one attached hydrogen (secondary N) is 1. The van der Waals surface area contributed by atoms with Gasteiger partial charge in [0.25, 0.3) is 5.91 Å². The lowest BCUT2D eigenvalue weighted by molar-refractivity contribution is 0.0936. The number of ether oxygens (including phenoxy) is 1. The highest BCUT2D eigenvalue weighted by atomic mass is 16.5. The van der Waals surface area contributed by atoms with Gasteiger partial charge in [-0.15, -0.1) is 0 Å². The van der Waals surface area contributed by atoms with Gasteiger partial charge in [-0.2, -0.15) is 5.10 Å². The van der Waals surface area contributed by atoms with Crippen LogP contribution >= 0.6 is 0 Å². The Labute approximate surface area is 123 Å². The van der Waals surface area contributed by atoms with Crippen molar-refractivity contribution in [3.63, 3.8) is 0 Å². The Morgan fingerprint density at radius 1 is 1.52 bits per heavy atom. The zero-order chi connectivity index (χ0) is 14.7. The van der Waals surface area contributed by atoms with Gasteiger partial charge in [-0.3, -0.25) is 9.48 Å². The van der Waals surface area contributed by atoms with Crippen LogP contribution in [0.4, 0.5) is 0 Å². The summed E-state index contributed by atoms with van der Waals surface area (Å²) in [5, 5.41) is 7.14. The maximum atomic E-state index is 12.3.